The number of carbonyl (C=O) groups excluding carboxylic acids is 1. The summed E-state index contributed by atoms with van der Waals surface area (Å²) in [6, 6.07) is 1.89. The molecule has 1 saturated heterocycles. The summed E-state index contributed by atoms with van der Waals surface area (Å²) in [5.41, 5.74) is 1.72. The number of hydrogen-bond acceptors (Lipinski definition) is 5. The van der Waals surface area contributed by atoms with Crippen molar-refractivity contribution in [1.29, 1.82) is 0 Å². The molecule has 0 radical (unpaired) electrons. The Balaban J connectivity index is 1.67. The van der Waals surface area contributed by atoms with Crippen molar-refractivity contribution >= 4 is 11.6 Å². The second-order valence-corrected chi connectivity index (χ2v) is 7.00. The van der Waals surface area contributed by atoms with Crippen LogP contribution in [0.3, 0.4) is 0 Å². The summed E-state index contributed by atoms with van der Waals surface area (Å²) in [6.07, 6.45) is 4.32. The van der Waals surface area contributed by atoms with Crippen LogP contribution in [-0.2, 0) is 11.8 Å². The predicted octanol–water partition coefficient (Wildman–Crippen LogP) is 1.68. The van der Waals surface area contributed by atoms with Gasteiger partial charge in [-0.05, 0) is 26.3 Å². The van der Waals surface area contributed by atoms with E-state index in [9.17, 15) is 9.59 Å². The van der Waals surface area contributed by atoms with E-state index in [2.05, 4.69) is 10.3 Å². The Kier molecular flexibility index (Phi) is 4.35. The molecule has 1 unspecified atom stereocenters. The summed E-state index contributed by atoms with van der Waals surface area (Å²) in [7, 11) is 1.69. The van der Waals surface area contributed by atoms with E-state index < -0.39 is 0 Å². The summed E-state index contributed by atoms with van der Waals surface area (Å²) in [5, 5.41) is 2.88. The molecule has 8 heteroatoms. The lowest BCUT2D eigenvalue weighted by molar-refractivity contribution is 0.0940. The maximum Gasteiger partial charge on any atom is 0.294 e. The fraction of sp³-hybridized carbons (Fsp3) is 0.421. The van der Waals surface area contributed by atoms with Crippen LogP contribution in [-0.4, -0.2) is 39.6 Å². The van der Waals surface area contributed by atoms with Gasteiger partial charge >= 0.3 is 0 Å². The fourth-order valence-electron chi connectivity index (χ4n) is 3.44. The van der Waals surface area contributed by atoms with Crippen molar-refractivity contribution in [2.45, 2.75) is 20.3 Å². The highest BCUT2D eigenvalue weighted by atomic mass is 16.5. The molecule has 1 atom stereocenters. The van der Waals surface area contributed by atoms with Crippen LogP contribution >= 0.6 is 0 Å². The molecule has 0 aromatic carbocycles. The van der Waals surface area contributed by atoms with Crippen molar-refractivity contribution in [3.63, 3.8) is 0 Å². The number of rotatable bonds is 4. The Bertz CT molecular complexity index is 1070. The van der Waals surface area contributed by atoms with E-state index >= 15 is 0 Å². The van der Waals surface area contributed by atoms with Crippen molar-refractivity contribution in [3.05, 3.63) is 46.0 Å². The van der Waals surface area contributed by atoms with Crippen LogP contribution in [0, 0.1) is 19.8 Å². The molecule has 0 spiro atoms. The second kappa shape index (κ2) is 6.70. The Morgan fingerprint density at radius 1 is 1.37 bits per heavy atom. The molecule has 8 nitrogen and oxygen atoms in total. The minimum atomic E-state index is -0.287. The lowest BCUT2D eigenvalue weighted by atomic mass is 10.1. The molecule has 1 aliphatic heterocycles. The van der Waals surface area contributed by atoms with Crippen LogP contribution < -0.4 is 10.9 Å². The number of carbonyl (C=O) groups is 1. The molecule has 0 aliphatic carbocycles. The molecule has 4 rings (SSSR count). The fourth-order valence-corrected chi connectivity index (χ4v) is 3.44. The monoisotopic (exact) mass is 370 g/mol. The van der Waals surface area contributed by atoms with Gasteiger partial charge in [-0.15, -0.1) is 0 Å². The number of aryl methyl sites for hydroxylation is 2. The zero-order valence-electron chi connectivity index (χ0n) is 15.6. The van der Waals surface area contributed by atoms with E-state index in [0.29, 0.717) is 24.8 Å². The summed E-state index contributed by atoms with van der Waals surface area (Å²) in [6.45, 7) is 5.67. The minimum absolute atomic E-state index is 0.216. The number of aromatic nitrogens is 3. The van der Waals surface area contributed by atoms with Gasteiger partial charge in [0.05, 0.1) is 12.3 Å². The van der Waals surface area contributed by atoms with Gasteiger partial charge in [-0.25, -0.2) is 4.98 Å². The van der Waals surface area contributed by atoms with E-state index in [1.54, 1.807) is 23.8 Å². The van der Waals surface area contributed by atoms with Gasteiger partial charge in [0.15, 0.2) is 0 Å². The van der Waals surface area contributed by atoms with Gasteiger partial charge in [-0.3, -0.25) is 14.0 Å². The van der Waals surface area contributed by atoms with Gasteiger partial charge in [-0.1, -0.05) is 0 Å². The SMILES string of the molecule is Cc1cc(-c2cn3cc(C(=O)NCC4CCOC4)nc3c(=O)n2C)c(C)o1. The average molecular weight is 370 g/mol. The molecule has 1 N–H and O–H groups in total. The zero-order valence-corrected chi connectivity index (χ0v) is 15.6. The highest BCUT2D eigenvalue weighted by Gasteiger charge is 2.20. The second-order valence-electron chi connectivity index (χ2n) is 7.00. The number of hydrogen-bond donors (Lipinski definition) is 1. The standard InChI is InChI=1S/C19H22N4O4/c1-11-6-14(12(2)27-11)16-9-23-8-15(21-17(23)19(25)22(16)3)18(24)20-7-13-4-5-26-10-13/h6,8-9,13H,4-5,7,10H2,1-3H3,(H,20,24). The number of imidazole rings is 1. The van der Waals surface area contributed by atoms with Gasteiger partial charge in [0.25, 0.3) is 11.5 Å². The van der Waals surface area contributed by atoms with Gasteiger partial charge < -0.3 is 19.0 Å². The topological polar surface area (TPSA) is 90.8 Å². The van der Waals surface area contributed by atoms with E-state index in [0.717, 1.165) is 30.1 Å². The van der Waals surface area contributed by atoms with Crippen molar-refractivity contribution in [3.8, 4) is 11.3 Å². The molecule has 3 aromatic rings. The van der Waals surface area contributed by atoms with Crippen LogP contribution in [0.15, 0.2) is 27.7 Å². The molecule has 4 heterocycles. The summed E-state index contributed by atoms with van der Waals surface area (Å²) in [5.74, 6) is 1.55. The molecule has 3 aromatic heterocycles. The van der Waals surface area contributed by atoms with Crippen LogP contribution in [0.5, 0.6) is 0 Å². The van der Waals surface area contributed by atoms with Crippen molar-refractivity contribution in [1.82, 2.24) is 19.3 Å². The number of fused-ring (bicyclic) bond motifs is 1. The zero-order chi connectivity index (χ0) is 19.1. The normalized spacial score (nSPS) is 16.9. The molecule has 142 valence electrons. The molecule has 0 bridgehead atoms. The van der Waals surface area contributed by atoms with Crippen LogP contribution in [0.4, 0.5) is 0 Å². The maximum absolute atomic E-state index is 12.7. The van der Waals surface area contributed by atoms with Crippen LogP contribution in [0.1, 0.15) is 28.4 Å². The number of nitrogens with zero attached hydrogens (tertiary/aromatic N) is 3. The van der Waals surface area contributed by atoms with E-state index in [1.165, 1.54) is 4.57 Å². The van der Waals surface area contributed by atoms with Gasteiger partial charge in [0.1, 0.15) is 17.2 Å². The van der Waals surface area contributed by atoms with Gasteiger partial charge in [0.2, 0.25) is 5.65 Å². The molecule has 1 amide bonds. The lowest BCUT2D eigenvalue weighted by Gasteiger charge is -2.07. The number of ether oxygens (including phenoxy) is 1. The number of nitrogens with one attached hydrogen (secondary N) is 1. The first-order chi connectivity index (χ1) is 12.9. The van der Waals surface area contributed by atoms with E-state index in [-0.39, 0.29) is 22.8 Å². The molecule has 0 saturated carbocycles. The first kappa shape index (κ1) is 17.5. The lowest BCUT2D eigenvalue weighted by Crippen LogP contribution is -2.29. The first-order valence-corrected chi connectivity index (χ1v) is 8.96. The third kappa shape index (κ3) is 3.16. The Morgan fingerprint density at radius 2 is 2.19 bits per heavy atom. The summed E-state index contributed by atoms with van der Waals surface area (Å²) < 4.78 is 14.0. The Morgan fingerprint density at radius 3 is 2.85 bits per heavy atom. The molecular formula is C19H22N4O4. The largest absolute Gasteiger partial charge is 0.466 e. The Labute approximate surface area is 155 Å². The Hall–Kier alpha value is -2.87. The summed E-state index contributed by atoms with van der Waals surface area (Å²) in [4.78, 5) is 29.4. The van der Waals surface area contributed by atoms with E-state index in [4.69, 9.17) is 9.15 Å². The molecular weight excluding hydrogens is 348 g/mol. The highest BCUT2D eigenvalue weighted by Crippen LogP contribution is 2.25. The highest BCUT2D eigenvalue weighted by molar-refractivity contribution is 5.92. The van der Waals surface area contributed by atoms with Crippen molar-refractivity contribution in [2.75, 3.05) is 19.8 Å². The average Bonchev–Trinajstić information content (AvgIpc) is 3.36. The third-order valence-corrected chi connectivity index (χ3v) is 4.98. The van der Waals surface area contributed by atoms with Gasteiger partial charge in [-0.2, -0.15) is 0 Å². The maximum atomic E-state index is 12.7. The van der Waals surface area contributed by atoms with Crippen LogP contribution in [0.25, 0.3) is 16.9 Å². The van der Waals surface area contributed by atoms with Gasteiger partial charge in [0, 0.05) is 44.1 Å². The summed E-state index contributed by atoms with van der Waals surface area (Å²) >= 11 is 0. The smallest absolute Gasteiger partial charge is 0.294 e. The van der Waals surface area contributed by atoms with E-state index in [1.807, 2.05) is 19.9 Å². The molecule has 1 fully saturated rings. The number of furan rings is 1. The van der Waals surface area contributed by atoms with Crippen molar-refractivity contribution in [2.24, 2.45) is 13.0 Å². The van der Waals surface area contributed by atoms with Crippen LogP contribution in [0.2, 0.25) is 0 Å². The quantitative estimate of drug-likeness (QED) is 0.754. The molecule has 1 aliphatic rings. The third-order valence-electron chi connectivity index (χ3n) is 4.98. The first-order valence-electron chi connectivity index (χ1n) is 8.96. The number of amides is 1. The van der Waals surface area contributed by atoms with Crippen molar-refractivity contribution < 1.29 is 13.9 Å². The predicted molar refractivity (Wildman–Crippen MR) is 98.9 cm³/mol. The minimum Gasteiger partial charge on any atom is -0.466 e. The molecule has 27 heavy (non-hydrogen) atoms.